The highest BCUT2D eigenvalue weighted by Crippen LogP contribution is 2.54. The highest BCUT2D eigenvalue weighted by atomic mass is 16.3. The molecule has 2 aromatic carbocycles. The molecule has 1 aliphatic carbocycles. The van der Waals surface area contributed by atoms with E-state index >= 15 is 0 Å². The Balaban J connectivity index is 1.59. The summed E-state index contributed by atoms with van der Waals surface area (Å²) in [6.07, 6.45) is 0.979. The van der Waals surface area contributed by atoms with E-state index in [2.05, 4.69) is 29.2 Å². The average molecular weight is 347 g/mol. The molecule has 1 aliphatic rings. The van der Waals surface area contributed by atoms with Crippen LogP contribution in [0.2, 0.25) is 0 Å². The number of nitrogens with zero attached hydrogens (tertiary/aromatic N) is 2. The Bertz CT molecular complexity index is 1010. The second kappa shape index (κ2) is 6.42. The van der Waals surface area contributed by atoms with Crippen LogP contribution < -0.4 is 11.3 Å². The fourth-order valence-corrected chi connectivity index (χ4v) is 3.41. The molecule has 1 heterocycles. The molecule has 5 heteroatoms. The van der Waals surface area contributed by atoms with E-state index in [1.165, 1.54) is 10.1 Å². The standard InChI is InChI=1S/C21H21N3O2/c1-24-20(26)11-19(23-21(24)22)18-10-17(18)16-4-2-3-15(9-16)14-7-5-13(12-25)6-8-14/h2-9,11,17-18,25H,10,12H2,1H3,(H2,22,23)/t17-,18-/m0/s1. The van der Waals surface area contributed by atoms with E-state index in [9.17, 15) is 9.90 Å². The van der Waals surface area contributed by atoms with Crippen LogP contribution in [0, 0.1) is 0 Å². The lowest BCUT2D eigenvalue weighted by molar-refractivity contribution is 0.282. The first-order valence-electron chi connectivity index (χ1n) is 8.70. The third-order valence-corrected chi connectivity index (χ3v) is 5.14. The molecule has 0 saturated heterocycles. The predicted molar refractivity (Wildman–Crippen MR) is 102 cm³/mol. The van der Waals surface area contributed by atoms with Crippen molar-refractivity contribution in [2.75, 3.05) is 5.73 Å². The number of hydrogen-bond donors (Lipinski definition) is 2. The number of nitrogens with two attached hydrogens (primary N) is 1. The highest BCUT2D eigenvalue weighted by molar-refractivity contribution is 5.65. The van der Waals surface area contributed by atoms with E-state index in [1.807, 2.05) is 24.3 Å². The van der Waals surface area contributed by atoms with E-state index < -0.39 is 0 Å². The highest BCUT2D eigenvalue weighted by Gasteiger charge is 2.41. The summed E-state index contributed by atoms with van der Waals surface area (Å²) in [6.45, 7) is 0.0523. The molecule has 3 N–H and O–H groups in total. The van der Waals surface area contributed by atoms with Gasteiger partial charge in [0.05, 0.1) is 12.3 Å². The number of hydrogen-bond acceptors (Lipinski definition) is 4. The first kappa shape index (κ1) is 16.5. The molecule has 0 radical (unpaired) electrons. The number of rotatable bonds is 4. The van der Waals surface area contributed by atoms with Gasteiger partial charge >= 0.3 is 0 Å². The third-order valence-electron chi connectivity index (χ3n) is 5.14. The first-order chi connectivity index (χ1) is 12.6. The van der Waals surface area contributed by atoms with Gasteiger partial charge in [-0.15, -0.1) is 0 Å². The van der Waals surface area contributed by atoms with Crippen molar-refractivity contribution in [3.8, 4) is 11.1 Å². The van der Waals surface area contributed by atoms with Gasteiger partial charge < -0.3 is 10.8 Å². The van der Waals surface area contributed by atoms with E-state index in [1.54, 1.807) is 13.1 Å². The summed E-state index contributed by atoms with van der Waals surface area (Å²) in [5.74, 6) is 0.875. The van der Waals surface area contributed by atoms with Crippen LogP contribution in [-0.2, 0) is 13.7 Å². The molecule has 132 valence electrons. The van der Waals surface area contributed by atoms with Crippen LogP contribution in [0.15, 0.2) is 59.4 Å². The van der Waals surface area contributed by atoms with Gasteiger partial charge in [0.15, 0.2) is 0 Å². The maximum Gasteiger partial charge on any atom is 0.254 e. The summed E-state index contributed by atoms with van der Waals surface area (Å²) >= 11 is 0. The smallest absolute Gasteiger partial charge is 0.254 e. The molecule has 26 heavy (non-hydrogen) atoms. The topological polar surface area (TPSA) is 81.1 Å². The molecule has 1 aromatic heterocycles. The minimum Gasteiger partial charge on any atom is -0.392 e. The fourth-order valence-electron chi connectivity index (χ4n) is 3.41. The van der Waals surface area contributed by atoms with Gasteiger partial charge in [0.2, 0.25) is 5.95 Å². The largest absolute Gasteiger partial charge is 0.392 e. The summed E-state index contributed by atoms with van der Waals surface area (Å²) < 4.78 is 1.36. The lowest BCUT2D eigenvalue weighted by atomic mass is 9.99. The van der Waals surface area contributed by atoms with Crippen molar-refractivity contribution in [3.05, 3.63) is 81.8 Å². The van der Waals surface area contributed by atoms with E-state index in [-0.39, 0.29) is 24.0 Å². The Morgan fingerprint density at radius 3 is 2.58 bits per heavy atom. The van der Waals surface area contributed by atoms with Crippen LogP contribution in [0.3, 0.4) is 0 Å². The Kier molecular flexibility index (Phi) is 4.09. The summed E-state index contributed by atoms with van der Waals surface area (Å²) in [4.78, 5) is 16.3. The molecule has 1 saturated carbocycles. The second-order valence-electron chi connectivity index (χ2n) is 6.87. The number of aromatic nitrogens is 2. The third kappa shape index (κ3) is 3.02. The minimum absolute atomic E-state index is 0.0523. The summed E-state index contributed by atoms with van der Waals surface area (Å²) in [5.41, 5.74) is 10.9. The zero-order valence-electron chi connectivity index (χ0n) is 14.6. The molecule has 0 spiro atoms. The van der Waals surface area contributed by atoms with Gasteiger partial charge in [0.25, 0.3) is 5.56 Å². The molecule has 5 nitrogen and oxygen atoms in total. The number of nitrogen functional groups attached to an aromatic ring is 1. The zero-order valence-corrected chi connectivity index (χ0v) is 14.6. The van der Waals surface area contributed by atoms with Crippen LogP contribution >= 0.6 is 0 Å². The second-order valence-corrected chi connectivity index (χ2v) is 6.87. The molecular formula is C21H21N3O2. The Morgan fingerprint density at radius 1 is 1.12 bits per heavy atom. The lowest BCUT2D eigenvalue weighted by Gasteiger charge is -2.07. The van der Waals surface area contributed by atoms with Crippen molar-refractivity contribution in [1.29, 1.82) is 0 Å². The van der Waals surface area contributed by atoms with Gasteiger partial charge in [-0.3, -0.25) is 9.36 Å². The van der Waals surface area contributed by atoms with E-state index in [4.69, 9.17) is 5.73 Å². The zero-order chi connectivity index (χ0) is 18.3. The van der Waals surface area contributed by atoms with Crippen LogP contribution in [0.1, 0.15) is 35.1 Å². The molecule has 0 unspecified atom stereocenters. The van der Waals surface area contributed by atoms with Crippen molar-refractivity contribution in [2.24, 2.45) is 7.05 Å². The van der Waals surface area contributed by atoms with Gasteiger partial charge in [-0.05, 0) is 34.6 Å². The van der Waals surface area contributed by atoms with E-state index in [0.29, 0.717) is 5.92 Å². The van der Waals surface area contributed by atoms with Crippen molar-refractivity contribution in [2.45, 2.75) is 24.9 Å². The van der Waals surface area contributed by atoms with Crippen molar-refractivity contribution in [1.82, 2.24) is 9.55 Å². The molecular weight excluding hydrogens is 326 g/mol. The molecule has 1 fully saturated rings. The maximum atomic E-state index is 12.0. The first-order valence-corrected chi connectivity index (χ1v) is 8.70. The molecule has 3 aromatic rings. The summed E-state index contributed by atoms with van der Waals surface area (Å²) in [6, 6.07) is 18.0. The van der Waals surface area contributed by atoms with Crippen LogP contribution in [0.25, 0.3) is 11.1 Å². The number of anilines is 1. The van der Waals surface area contributed by atoms with Gasteiger partial charge in [-0.2, -0.15) is 0 Å². The van der Waals surface area contributed by atoms with Crippen molar-refractivity contribution >= 4 is 5.95 Å². The van der Waals surface area contributed by atoms with Crippen molar-refractivity contribution < 1.29 is 5.11 Å². The number of benzene rings is 2. The molecule has 0 amide bonds. The van der Waals surface area contributed by atoms with Gasteiger partial charge in [0, 0.05) is 19.0 Å². The van der Waals surface area contributed by atoms with Crippen LogP contribution in [0.5, 0.6) is 0 Å². The molecule has 2 atom stereocenters. The van der Waals surface area contributed by atoms with Crippen LogP contribution in [0.4, 0.5) is 5.95 Å². The number of aliphatic hydroxyl groups is 1. The SMILES string of the molecule is Cn1c(N)nc([C@H]2C[C@H]2c2cccc(-c3ccc(CO)cc3)c2)cc1=O. The average Bonchev–Trinajstić information content (AvgIpc) is 3.47. The maximum absolute atomic E-state index is 12.0. The van der Waals surface area contributed by atoms with E-state index in [0.717, 1.165) is 28.8 Å². The van der Waals surface area contributed by atoms with Gasteiger partial charge in [0.1, 0.15) is 0 Å². The normalized spacial score (nSPS) is 18.7. The van der Waals surface area contributed by atoms with Crippen LogP contribution in [-0.4, -0.2) is 14.7 Å². The Labute approximate surface area is 151 Å². The monoisotopic (exact) mass is 347 g/mol. The summed E-state index contributed by atoms with van der Waals surface area (Å²) in [7, 11) is 1.63. The predicted octanol–water partition coefficient (Wildman–Crippen LogP) is 2.79. The van der Waals surface area contributed by atoms with Gasteiger partial charge in [-0.25, -0.2) is 4.98 Å². The summed E-state index contributed by atoms with van der Waals surface area (Å²) in [5, 5.41) is 9.18. The Hall–Kier alpha value is -2.92. The quantitative estimate of drug-likeness (QED) is 0.760. The lowest BCUT2D eigenvalue weighted by Crippen LogP contribution is -2.21. The fraction of sp³-hybridized carbons (Fsp3) is 0.238. The molecule has 4 rings (SSSR count). The molecule has 0 aliphatic heterocycles. The van der Waals surface area contributed by atoms with Gasteiger partial charge in [-0.1, -0.05) is 48.5 Å². The van der Waals surface area contributed by atoms with Crippen molar-refractivity contribution in [3.63, 3.8) is 0 Å². The Morgan fingerprint density at radius 2 is 1.88 bits per heavy atom. The number of aliphatic hydroxyl groups excluding tert-OH is 1. The minimum atomic E-state index is -0.115. The molecule has 0 bridgehead atoms.